The molecule has 3 amide bonds. The molecule has 140 valence electrons. The van der Waals surface area contributed by atoms with Gasteiger partial charge in [-0.05, 0) is 25.1 Å². The van der Waals surface area contributed by atoms with Crippen molar-refractivity contribution in [2.45, 2.75) is 13.0 Å². The number of amides is 3. The maximum absolute atomic E-state index is 12.9. The van der Waals surface area contributed by atoms with Gasteiger partial charge in [0.1, 0.15) is 22.5 Å². The molecular formula is C17H16N4O6. The van der Waals surface area contributed by atoms with E-state index in [4.69, 9.17) is 9.15 Å². The van der Waals surface area contributed by atoms with Gasteiger partial charge in [0.2, 0.25) is 0 Å². The van der Waals surface area contributed by atoms with Gasteiger partial charge in [-0.3, -0.25) is 14.9 Å². The molecule has 1 aromatic carbocycles. The molecule has 10 nitrogen and oxygen atoms in total. The summed E-state index contributed by atoms with van der Waals surface area (Å²) < 4.78 is 10.4. The Bertz CT molecular complexity index is 948. The molecule has 0 saturated heterocycles. The summed E-state index contributed by atoms with van der Waals surface area (Å²) in [4.78, 5) is 34.9. The van der Waals surface area contributed by atoms with Crippen molar-refractivity contribution in [2.24, 2.45) is 0 Å². The summed E-state index contributed by atoms with van der Waals surface area (Å²) >= 11 is 0. The van der Waals surface area contributed by atoms with Crippen molar-refractivity contribution in [3.8, 4) is 5.75 Å². The fourth-order valence-corrected chi connectivity index (χ4v) is 2.74. The molecule has 0 radical (unpaired) electrons. The SMILES string of the molecule is COc1ccccc1NC(=O)C1=C(C)NC(=O)N[C@H]1c1ccc([N+](=O)[O-])o1. The first-order valence-corrected chi connectivity index (χ1v) is 7.87. The summed E-state index contributed by atoms with van der Waals surface area (Å²) in [5, 5.41) is 18.6. The van der Waals surface area contributed by atoms with Crippen LogP contribution in [0.2, 0.25) is 0 Å². The largest absolute Gasteiger partial charge is 0.495 e. The topological polar surface area (TPSA) is 136 Å². The second-order valence-corrected chi connectivity index (χ2v) is 5.66. The number of urea groups is 1. The van der Waals surface area contributed by atoms with E-state index in [2.05, 4.69) is 16.0 Å². The van der Waals surface area contributed by atoms with Crippen molar-refractivity contribution in [2.75, 3.05) is 12.4 Å². The zero-order valence-corrected chi connectivity index (χ0v) is 14.4. The van der Waals surface area contributed by atoms with Gasteiger partial charge in [-0.1, -0.05) is 12.1 Å². The molecule has 0 fully saturated rings. The highest BCUT2D eigenvalue weighted by Crippen LogP contribution is 2.32. The van der Waals surface area contributed by atoms with E-state index in [1.54, 1.807) is 31.2 Å². The van der Waals surface area contributed by atoms with E-state index in [0.717, 1.165) is 6.07 Å². The second kappa shape index (κ2) is 7.20. The van der Waals surface area contributed by atoms with Crippen molar-refractivity contribution in [1.82, 2.24) is 10.6 Å². The zero-order chi connectivity index (χ0) is 19.6. The maximum Gasteiger partial charge on any atom is 0.433 e. The first-order valence-electron chi connectivity index (χ1n) is 7.87. The average molecular weight is 372 g/mol. The molecule has 3 N–H and O–H groups in total. The minimum atomic E-state index is -0.984. The lowest BCUT2D eigenvalue weighted by Gasteiger charge is -2.27. The van der Waals surface area contributed by atoms with E-state index in [1.807, 2.05) is 0 Å². The Labute approximate surface area is 153 Å². The van der Waals surface area contributed by atoms with Crippen LogP contribution in [0.25, 0.3) is 0 Å². The molecule has 1 atom stereocenters. The van der Waals surface area contributed by atoms with Crippen molar-refractivity contribution < 1.29 is 23.7 Å². The van der Waals surface area contributed by atoms with Gasteiger partial charge < -0.3 is 25.1 Å². The number of carbonyl (C=O) groups is 2. The Hall–Kier alpha value is -3.82. The normalized spacial score (nSPS) is 16.4. The van der Waals surface area contributed by atoms with Crippen LogP contribution in [-0.4, -0.2) is 24.0 Å². The number of anilines is 1. The Morgan fingerprint density at radius 2 is 2.04 bits per heavy atom. The smallest absolute Gasteiger partial charge is 0.433 e. The molecule has 1 aromatic heterocycles. The van der Waals surface area contributed by atoms with Crippen molar-refractivity contribution >= 4 is 23.5 Å². The third kappa shape index (κ3) is 3.59. The number of ether oxygens (including phenoxy) is 1. The molecule has 0 saturated carbocycles. The number of methoxy groups -OCH3 is 1. The minimum Gasteiger partial charge on any atom is -0.495 e. The van der Waals surface area contributed by atoms with Gasteiger partial charge in [0, 0.05) is 5.70 Å². The van der Waals surface area contributed by atoms with E-state index >= 15 is 0 Å². The lowest BCUT2D eigenvalue weighted by atomic mass is 9.99. The van der Waals surface area contributed by atoms with Gasteiger partial charge in [-0.15, -0.1) is 0 Å². The highest BCUT2D eigenvalue weighted by Gasteiger charge is 2.34. The van der Waals surface area contributed by atoms with Crippen LogP contribution in [0.15, 0.2) is 52.1 Å². The van der Waals surface area contributed by atoms with Crippen LogP contribution >= 0.6 is 0 Å². The molecular weight excluding hydrogens is 356 g/mol. The number of nitro groups is 1. The van der Waals surface area contributed by atoms with Crippen LogP contribution in [0.3, 0.4) is 0 Å². The van der Waals surface area contributed by atoms with Crippen LogP contribution in [-0.2, 0) is 4.79 Å². The molecule has 3 rings (SSSR count). The highest BCUT2D eigenvalue weighted by atomic mass is 16.6. The predicted molar refractivity (Wildman–Crippen MR) is 94.1 cm³/mol. The fraction of sp³-hybridized carbons (Fsp3) is 0.176. The molecule has 0 spiro atoms. The number of nitrogens with zero attached hydrogens (tertiary/aromatic N) is 1. The van der Waals surface area contributed by atoms with Gasteiger partial charge in [0.05, 0.1) is 24.4 Å². The molecule has 0 aliphatic carbocycles. The Morgan fingerprint density at radius 3 is 2.70 bits per heavy atom. The maximum atomic E-state index is 12.9. The molecule has 10 heteroatoms. The summed E-state index contributed by atoms with van der Waals surface area (Å²) in [6, 6.07) is 7.80. The molecule has 1 aliphatic heterocycles. The summed E-state index contributed by atoms with van der Waals surface area (Å²) in [7, 11) is 1.47. The number of hydrogen-bond acceptors (Lipinski definition) is 6. The van der Waals surface area contributed by atoms with Crippen molar-refractivity contribution in [3.05, 3.63) is 63.5 Å². The molecule has 27 heavy (non-hydrogen) atoms. The molecule has 2 heterocycles. The molecule has 1 aliphatic rings. The highest BCUT2D eigenvalue weighted by molar-refractivity contribution is 6.07. The quantitative estimate of drug-likeness (QED) is 0.545. The standard InChI is InChI=1S/C17H16N4O6/c1-9-14(16(22)19-10-5-3-4-6-11(10)26-2)15(20-17(23)18-9)12-7-8-13(27-12)21(24)25/h3-8,15H,1-2H3,(H,19,22)(H2,18,20,23)/t15-/m0/s1. The lowest BCUT2D eigenvalue weighted by Crippen LogP contribution is -2.45. The van der Waals surface area contributed by atoms with Gasteiger partial charge in [-0.25, -0.2) is 4.79 Å². The first-order chi connectivity index (χ1) is 12.9. The van der Waals surface area contributed by atoms with Crippen LogP contribution in [0.1, 0.15) is 18.7 Å². The third-order valence-corrected chi connectivity index (χ3v) is 3.95. The monoisotopic (exact) mass is 372 g/mol. The summed E-state index contributed by atoms with van der Waals surface area (Å²) in [5.74, 6) is -0.475. The number of furan rings is 1. The number of hydrogen-bond donors (Lipinski definition) is 3. The summed E-state index contributed by atoms with van der Waals surface area (Å²) in [5.41, 5.74) is 0.895. The number of para-hydroxylation sites is 2. The first kappa shape index (κ1) is 18.0. The van der Waals surface area contributed by atoms with Crippen molar-refractivity contribution in [3.63, 3.8) is 0 Å². The Balaban J connectivity index is 1.95. The summed E-state index contributed by atoms with van der Waals surface area (Å²) in [6.07, 6.45) is 0. The number of benzene rings is 1. The van der Waals surface area contributed by atoms with E-state index in [1.165, 1.54) is 13.2 Å². The fourth-order valence-electron chi connectivity index (χ4n) is 2.74. The van der Waals surface area contributed by atoms with Gasteiger partial charge in [0.15, 0.2) is 0 Å². The number of nitrogens with one attached hydrogen (secondary N) is 3. The molecule has 0 bridgehead atoms. The minimum absolute atomic E-state index is 0.0704. The second-order valence-electron chi connectivity index (χ2n) is 5.66. The number of rotatable bonds is 5. The van der Waals surface area contributed by atoms with Gasteiger partial charge >= 0.3 is 11.9 Å². The van der Waals surface area contributed by atoms with Crippen LogP contribution < -0.4 is 20.7 Å². The lowest BCUT2D eigenvalue weighted by molar-refractivity contribution is -0.402. The van der Waals surface area contributed by atoms with E-state index < -0.39 is 28.8 Å². The van der Waals surface area contributed by atoms with E-state index in [9.17, 15) is 19.7 Å². The average Bonchev–Trinajstić information content (AvgIpc) is 3.11. The van der Waals surface area contributed by atoms with Gasteiger partial charge in [0.25, 0.3) is 5.91 Å². The third-order valence-electron chi connectivity index (χ3n) is 3.95. The summed E-state index contributed by atoms with van der Waals surface area (Å²) in [6.45, 7) is 1.56. The number of carbonyl (C=O) groups excluding carboxylic acids is 2. The van der Waals surface area contributed by atoms with Gasteiger partial charge in [-0.2, -0.15) is 0 Å². The zero-order valence-electron chi connectivity index (χ0n) is 14.4. The van der Waals surface area contributed by atoms with Crippen LogP contribution in [0.5, 0.6) is 5.75 Å². The number of allylic oxidation sites excluding steroid dienone is 1. The molecule has 2 aromatic rings. The van der Waals surface area contributed by atoms with E-state index in [-0.39, 0.29) is 11.3 Å². The Kier molecular flexibility index (Phi) is 4.79. The van der Waals surface area contributed by atoms with Crippen LogP contribution in [0.4, 0.5) is 16.4 Å². The van der Waals surface area contributed by atoms with Crippen LogP contribution in [0, 0.1) is 10.1 Å². The molecule has 0 unspecified atom stereocenters. The van der Waals surface area contributed by atoms with E-state index in [0.29, 0.717) is 17.1 Å². The predicted octanol–water partition coefficient (Wildman–Crippen LogP) is 2.46. The van der Waals surface area contributed by atoms with Crippen molar-refractivity contribution in [1.29, 1.82) is 0 Å². The Morgan fingerprint density at radius 1 is 1.30 bits per heavy atom.